The third kappa shape index (κ3) is 4.66. The third-order valence-electron chi connectivity index (χ3n) is 4.59. The maximum Gasteiger partial charge on any atom is 0.124 e. The molecular weight excluding hydrogens is 341 g/mol. The highest BCUT2D eigenvalue weighted by Crippen LogP contribution is 2.27. The number of ether oxygens (including phenoxy) is 1. The summed E-state index contributed by atoms with van der Waals surface area (Å²) in [5.41, 5.74) is 2.00. The second-order valence-electron chi connectivity index (χ2n) is 6.31. The number of halogens is 2. The highest BCUT2D eigenvalue weighted by Gasteiger charge is 2.14. The first-order chi connectivity index (χ1) is 11.7. The highest BCUT2D eigenvalue weighted by molar-refractivity contribution is 6.35. The molecule has 0 saturated heterocycles. The Morgan fingerprint density at radius 1 is 0.917 bits per heavy atom. The molecule has 2 nitrogen and oxygen atoms in total. The zero-order valence-corrected chi connectivity index (χ0v) is 15.2. The number of hydrogen-bond donors (Lipinski definition) is 1. The van der Waals surface area contributed by atoms with Gasteiger partial charge in [-0.2, -0.15) is 0 Å². The molecule has 4 heteroatoms. The summed E-state index contributed by atoms with van der Waals surface area (Å²) in [6.45, 7) is 1.20. The van der Waals surface area contributed by atoms with E-state index in [1.54, 1.807) is 0 Å². The van der Waals surface area contributed by atoms with Gasteiger partial charge in [0.05, 0.1) is 0 Å². The molecule has 1 aliphatic rings. The van der Waals surface area contributed by atoms with Crippen molar-refractivity contribution in [3.8, 4) is 5.75 Å². The Kier molecular flexibility index (Phi) is 6.42. The molecule has 1 fully saturated rings. The van der Waals surface area contributed by atoms with Crippen molar-refractivity contribution < 1.29 is 4.74 Å². The lowest BCUT2D eigenvalue weighted by atomic mass is 9.95. The lowest BCUT2D eigenvalue weighted by Crippen LogP contribution is -2.30. The summed E-state index contributed by atoms with van der Waals surface area (Å²) in [6, 6.07) is 14.3. The standard InChI is InChI=1S/C20H23Cl2NO/c21-18-10-6-11-19(22)17(18)14-24-20-12-5-4-7-15(20)13-23-16-8-2-1-3-9-16/h4-7,10-12,16,23H,1-3,8-9,13-14H2. The van der Waals surface area contributed by atoms with Crippen molar-refractivity contribution in [2.75, 3.05) is 0 Å². The second kappa shape index (κ2) is 8.75. The maximum absolute atomic E-state index is 6.22. The van der Waals surface area contributed by atoms with Crippen LogP contribution in [0.3, 0.4) is 0 Å². The van der Waals surface area contributed by atoms with Crippen LogP contribution in [0.5, 0.6) is 5.75 Å². The van der Waals surface area contributed by atoms with Crippen LogP contribution in [0.15, 0.2) is 42.5 Å². The van der Waals surface area contributed by atoms with Gasteiger partial charge in [0, 0.05) is 33.8 Å². The molecule has 2 aromatic rings. The van der Waals surface area contributed by atoms with E-state index in [-0.39, 0.29) is 0 Å². The van der Waals surface area contributed by atoms with Crippen molar-refractivity contribution in [1.82, 2.24) is 5.32 Å². The van der Waals surface area contributed by atoms with Gasteiger partial charge in [-0.3, -0.25) is 0 Å². The fourth-order valence-electron chi connectivity index (χ4n) is 3.17. The zero-order chi connectivity index (χ0) is 16.8. The van der Waals surface area contributed by atoms with Gasteiger partial charge in [0.1, 0.15) is 12.4 Å². The van der Waals surface area contributed by atoms with Crippen molar-refractivity contribution in [2.24, 2.45) is 0 Å². The maximum atomic E-state index is 6.22. The van der Waals surface area contributed by atoms with Crippen LogP contribution in [-0.2, 0) is 13.2 Å². The van der Waals surface area contributed by atoms with Gasteiger partial charge in [-0.05, 0) is 31.0 Å². The number of rotatable bonds is 6. The predicted molar refractivity (Wildman–Crippen MR) is 101 cm³/mol. The number of benzene rings is 2. The van der Waals surface area contributed by atoms with Gasteiger partial charge in [0.2, 0.25) is 0 Å². The largest absolute Gasteiger partial charge is 0.488 e. The molecule has 0 unspecified atom stereocenters. The Balaban J connectivity index is 1.63. The molecule has 128 valence electrons. The van der Waals surface area contributed by atoms with Gasteiger partial charge in [0.15, 0.2) is 0 Å². The van der Waals surface area contributed by atoms with E-state index >= 15 is 0 Å². The van der Waals surface area contributed by atoms with E-state index in [1.807, 2.05) is 36.4 Å². The summed E-state index contributed by atoms with van der Waals surface area (Å²) in [6.07, 6.45) is 6.59. The summed E-state index contributed by atoms with van der Waals surface area (Å²) >= 11 is 12.4. The molecule has 0 radical (unpaired) electrons. The first-order valence-corrected chi connectivity index (χ1v) is 9.36. The van der Waals surface area contributed by atoms with E-state index in [0.717, 1.165) is 17.9 Å². The fraction of sp³-hybridized carbons (Fsp3) is 0.400. The molecule has 0 atom stereocenters. The lowest BCUT2D eigenvalue weighted by molar-refractivity contribution is 0.300. The van der Waals surface area contributed by atoms with Crippen LogP contribution in [0.2, 0.25) is 10.0 Å². The summed E-state index contributed by atoms with van der Waals surface area (Å²) < 4.78 is 6.02. The third-order valence-corrected chi connectivity index (χ3v) is 5.30. The van der Waals surface area contributed by atoms with Crippen LogP contribution in [-0.4, -0.2) is 6.04 Å². The van der Waals surface area contributed by atoms with Gasteiger partial charge in [0.25, 0.3) is 0 Å². The topological polar surface area (TPSA) is 21.3 Å². The van der Waals surface area contributed by atoms with Crippen molar-refractivity contribution in [2.45, 2.75) is 51.3 Å². The molecule has 1 aliphatic carbocycles. The predicted octanol–water partition coefficient (Wildman–Crippen LogP) is 5.99. The first-order valence-electron chi connectivity index (χ1n) is 8.61. The average molecular weight is 364 g/mol. The summed E-state index contributed by atoms with van der Waals surface area (Å²) in [5.74, 6) is 0.886. The van der Waals surface area contributed by atoms with Gasteiger partial charge in [-0.25, -0.2) is 0 Å². The minimum atomic E-state index is 0.374. The normalized spacial score (nSPS) is 15.4. The van der Waals surface area contributed by atoms with Crippen LogP contribution < -0.4 is 10.1 Å². The number of nitrogens with one attached hydrogen (secondary N) is 1. The highest BCUT2D eigenvalue weighted by atomic mass is 35.5. The van der Waals surface area contributed by atoms with Crippen molar-refractivity contribution in [1.29, 1.82) is 0 Å². The van der Waals surface area contributed by atoms with E-state index in [2.05, 4.69) is 11.4 Å². The number of para-hydroxylation sites is 1. The smallest absolute Gasteiger partial charge is 0.124 e. The van der Waals surface area contributed by atoms with Crippen LogP contribution in [0.1, 0.15) is 43.2 Å². The average Bonchev–Trinajstić information content (AvgIpc) is 2.61. The summed E-state index contributed by atoms with van der Waals surface area (Å²) in [7, 11) is 0. The minimum Gasteiger partial charge on any atom is -0.488 e. The first kappa shape index (κ1) is 17.6. The molecule has 0 bridgehead atoms. The van der Waals surface area contributed by atoms with Crippen molar-refractivity contribution >= 4 is 23.2 Å². The van der Waals surface area contributed by atoms with Crippen LogP contribution in [0.25, 0.3) is 0 Å². The monoisotopic (exact) mass is 363 g/mol. The van der Waals surface area contributed by atoms with Crippen LogP contribution in [0.4, 0.5) is 0 Å². The summed E-state index contributed by atoms with van der Waals surface area (Å²) in [4.78, 5) is 0. The molecule has 0 spiro atoms. The minimum absolute atomic E-state index is 0.374. The molecule has 3 rings (SSSR count). The van der Waals surface area contributed by atoms with E-state index in [1.165, 1.54) is 37.7 Å². The molecule has 0 amide bonds. The summed E-state index contributed by atoms with van der Waals surface area (Å²) in [5, 5.41) is 4.95. The second-order valence-corrected chi connectivity index (χ2v) is 7.13. The molecule has 0 aromatic heterocycles. The van der Waals surface area contributed by atoms with Crippen molar-refractivity contribution in [3.63, 3.8) is 0 Å². The molecule has 1 saturated carbocycles. The van der Waals surface area contributed by atoms with E-state index in [0.29, 0.717) is 22.7 Å². The zero-order valence-electron chi connectivity index (χ0n) is 13.7. The van der Waals surface area contributed by atoms with Crippen LogP contribution >= 0.6 is 23.2 Å². The quantitative estimate of drug-likeness (QED) is 0.679. The molecule has 0 aliphatic heterocycles. The van der Waals surface area contributed by atoms with Gasteiger partial charge in [-0.15, -0.1) is 0 Å². The molecule has 1 N–H and O–H groups in total. The fourth-order valence-corrected chi connectivity index (χ4v) is 3.68. The van der Waals surface area contributed by atoms with Gasteiger partial charge < -0.3 is 10.1 Å². The van der Waals surface area contributed by atoms with E-state index < -0.39 is 0 Å². The van der Waals surface area contributed by atoms with Gasteiger partial charge in [-0.1, -0.05) is 66.7 Å². The van der Waals surface area contributed by atoms with Crippen LogP contribution in [0, 0.1) is 0 Å². The molecule has 24 heavy (non-hydrogen) atoms. The number of hydrogen-bond acceptors (Lipinski definition) is 2. The SMILES string of the molecule is Clc1cccc(Cl)c1COc1ccccc1CNC1CCCCC1. The Morgan fingerprint density at radius 2 is 1.62 bits per heavy atom. The molecule has 2 aromatic carbocycles. The van der Waals surface area contributed by atoms with E-state index in [9.17, 15) is 0 Å². The lowest BCUT2D eigenvalue weighted by Gasteiger charge is -2.23. The van der Waals surface area contributed by atoms with Gasteiger partial charge >= 0.3 is 0 Å². The van der Waals surface area contributed by atoms with E-state index in [4.69, 9.17) is 27.9 Å². The van der Waals surface area contributed by atoms with Crippen molar-refractivity contribution in [3.05, 3.63) is 63.6 Å². The Hall–Kier alpha value is -1.22. The molecular formula is C20H23Cl2NO. The molecule has 0 heterocycles. The Bertz CT molecular complexity index is 648. The Labute approximate surface area is 154 Å². The Morgan fingerprint density at radius 3 is 2.38 bits per heavy atom.